The van der Waals surface area contributed by atoms with Crippen LogP contribution in [0.25, 0.3) is 11.0 Å². The van der Waals surface area contributed by atoms with Gasteiger partial charge >= 0.3 is 0 Å². The second-order valence-electron chi connectivity index (χ2n) is 12.2. The lowest BCUT2D eigenvalue weighted by Gasteiger charge is -2.46. The third-order valence-corrected chi connectivity index (χ3v) is 10.6. The first kappa shape index (κ1) is 30.1. The molecule has 5 rings (SSSR count). The number of carbonyl (C=O) groups excluding carboxylic acids is 1. The number of nitrogens with one attached hydrogen (secondary N) is 1. The largest absolute Gasteiger partial charge is 0.381 e. The molecule has 1 unspecified atom stereocenters. The molecular formula is C27H35F5N4O4S. The Morgan fingerprint density at radius 3 is 2.22 bits per heavy atom. The molecule has 2 atom stereocenters. The summed E-state index contributed by atoms with van der Waals surface area (Å²) in [5, 5.41) is 4.47. The molecule has 14 heteroatoms. The van der Waals surface area contributed by atoms with Gasteiger partial charge in [-0.3, -0.25) is 4.79 Å². The summed E-state index contributed by atoms with van der Waals surface area (Å²) in [6.07, 6.45) is -0.561. The van der Waals surface area contributed by atoms with Gasteiger partial charge < -0.3 is 14.6 Å². The highest BCUT2D eigenvalue weighted by Crippen LogP contribution is 2.47. The predicted molar refractivity (Wildman–Crippen MR) is 141 cm³/mol. The number of rotatable bonds is 7. The first-order valence-electron chi connectivity index (χ1n) is 13.9. The quantitative estimate of drug-likeness (QED) is 0.452. The minimum absolute atomic E-state index is 0.00674. The standard InChI is InChI=1S/C27H35F5N4O4S/c1-15(2)22(41(33,38)39)19(16-5-7-26(29,30)8-6-16)23-34-18-4-3-17(20(28)21(18)35-23)25(9-11-40-12-10-25)24(37)36-13-27(31,32)14-36/h3-4,15-16,19,22H,5-14H2,1-2H3,(H,34,35)(H2,33,38,39)/t19-,22?/m1/s1. The van der Waals surface area contributed by atoms with Crippen LogP contribution in [0, 0.1) is 17.7 Å². The van der Waals surface area contributed by atoms with Gasteiger partial charge in [-0.1, -0.05) is 19.9 Å². The van der Waals surface area contributed by atoms with Crippen LogP contribution in [-0.2, 0) is 25.0 Å². The maximum atomic E-state index is 16.3. The van der Waals surface area contributed by atoms with Gasteiger partial charge in [0.15, 0.2) is 5.82 Å². The van der Waals surface area contributed by atoms with E-state index in [1.807, 2.05) is 0 Å². The van der Waals surface area contributed by atoms with Crippen molar-refractivity contribution in [3.8, 4) is 0 Å². The molecule has 0 spiro atoms. The maximum Gasteiger partial charge on any atom is 0.282 e. The van der Waals surface area contributed by atoms with Crippen LogP contribution in [-0.4, -0.2) is 72.6 Å². The average Bonchev–Trinajstić information content (AvgIpc) is 3.30. The molecule has 1 amide bonds. The number of primary sulfonamides is 1. The number of H-pyrrole nitrogens is 1. The summed E-state index contributed by atoms with van der Waals surface area (Å²) >= 11 is 0. The van der Waals surface area contributed by atoms with Crippen molar-refractivity contribution in [2.45, 2.75) is 80.8 Å². The molecule has 3 N–H and O–H groups in total. The summed E-state index contributed by atoms with van der Waals surface area (Å²) in [6, 6.07) is 2.95. The fourth-order valence-electron chi connectivity index (χ4n) is 6.93. The normalized spacial score (nSPS) is 24.3. The topological polar surface area (TPSA) is 118 Å². The van der Waals surface area contributed by atoms with Crippen molar-refractivity contribution < 1.29 is 39.9 Å². The van der Waals surface area contributed by atoms with Crippen LogP contribution in [0.3, 0.4) is 0 Å². The Kier molecular flexibility index (Phi) is 7.68. The minimum atomic E-state index is -4.17. The van der Waals surface area contributed by atoms with Crippen molar-refractivity contribution in [1.29, 1.82) is 0 Å². The van der Waals surface area contributed by atoms with E-state index in [0.717, 1.165) is 4.90 Å². The number of fused-ring (bicyclic) bond motifs is 1. The lowest BCUT2D eigenvalue weighted by molar-refractivity contribution is -0.174. The molecule has 1 aliphatic carbocycles. The zero-order valence-corrected chi connectivity index (χ0v) is 23.8. The number of ether oxygens (including phenoxy) is 1. The molecule has 1 aromatic heterocycles. The monoisotopic (exact) mass is 606 g/mol. The van der Waals surface area contributed by atoms with Crippen LogP contribution in [0.2, 0.25) is 0 Å². The van der Waals surface area contributed by atoms with Crippen LogP contribution in [0.5, 0.6) is 0 Å². The SMILES string of the molecule is CC(C)C([C@H](c1nc2c(F)c(C3(C(=O)N4CC(F)(F)C4)CCOCC3)ccc2[nH]1)C1CCC(F)(F)CC1)S(N)(=O)=O. The molecule has 3 fully saturated rings. The highest BCUT2D eigenvalue weighted by molar-refractivity contribution is 7.89. The zero-order chi connectivity index (χ0) is 30.0. The number of halogens is 5. The van der Waals surface area contributed by atoms with Gasteiger partial charge in [0, 0.05) is 37.5 Å². The van der Waals surface area contributed by atoms with Crippen molar-refractivity contribution in [1.82, 2.24) is 14.9 Å². The minimum Gasteiger partial charge on any atom is -0.381 e. The summed E-state index contributed by atoms with van der Waals surface area (Å²) < 4.78 is 103. The van der Waals surface area contributed by atoms with Gasteiger partial charge in [0.05, 0.1) is 29.3 Å². The van der Waals surface area contributed by atoms with Crippen molar-refractivity contribution in [2.75, 3.05) is 26.3 Å². The van der Waals surface area contributed by atoms with Gasteiger partial charge in [-0.2, -0.15) is 0 Å². The lowest BCUT2D eigenvalue weighted by atomic mass is 9.72. The average molecular weight is 607 g/mol. The molecule has 1 aromatic carbocycles. The summed E-state index contributed by atoms with van der Waals surface area (Å²) in [6.45, 7) is 2.13. The third kappa shape index (κ3) is 5.58. The van der Waals surface area contributed by atoms with Crippen LogP contribution in [0.4, 0.5) is 22.0 Å². The number of hydrogen-bond donors (Lipinski definition) is 2. The van der Waals surface area contributed by atoms with Crippen LogP contribution in [0.15, 0.2) is 12.1 Å². The Hall–Kier alpha value is -2.32. The van der Waals surface area contributed by atoms with E-state index in [-0.39, 0.29) is 61.3 Å². The molecular weight excluding hydrogens is 571 g/mol. The number of nitrogens with zero attached hydrogens (tertiary/aromatic N) is 2. The fraction of sp³-hybridized carbons (Fsp3) is 0.704. The van der Waals surface area contributed by atoms with Gasteiger partial charge in [-0.15, -0.1) is 0 Å². The van der Waals surface area contributed by atoms with E-state index in [2.05, 4.69) is 9.97 Å². The molecule has 2 aromatic rings. The summed E-state index contributed by atoms with van der Waals surface area (Å²) in [4.78, 5) is 22.0. The third-order valence-electron chi connectivity index (χ3n) is 8.99. The van der Waals surface area contributed by atoms with E-state index in [4.69, 9.17) is 9.88 Å². The molecule has 2 aliphatic heterocycles. The summed E-state index contributed by atoms with van der Waals surface area (Å²) in [5.74, 6) is -9.05. The first-order chi connectivity index (χ1) is 19.0. The molecule has 8 nitrogen and oxygen atoms in total. The van der Waals surface area contributed by atoms with Gasteiger partial charge in [-0.25, -0.2) is 40.5 Å². The Morgan fingerprint density at radius 2 is 1.68 bits per heavy atom. The molecule has 41 heavy (non-hydrogen) atoms. The van der Waals surface area contributed by atoms with E-state index in [1.165, 1.54) is 12.1 Å². The number of aromatic amines is 1. The molecule has 3 heterocycles. The van der Waals surface area contributed by atoms with Crippen molar-refractivity contribution in [3.05, 3.63) is 29.3 Å². The Labute approximate surface area is 235 Å². The molecule has 0 bridgehead atoms. The molecule has 2 saturated heterocycles. The van der Waals surface area contributed by atoms with Gasteiger partial charge in [0.2, 0.25) is 21.9 Å². The fourth-order valence-corrected chi connectivity index (χ4v) is 8.45. The zero-order valence-electron chi connectivity index (χ0n) is 22.9. The van der Waals surface area contributed by atoms with E-state index < -0.39 is 87.9 Å². The summed E-state index contributed by atoms with van der Waals surface area (Å²) in [5.41, 5.74) is -1.34. The number of amides is 1. The predicted octanol–water partition coefficient (Wildman–Crippen LogP) is 4.45. The number of hydrogen-bond acceptors (Lipinski definition) is 5. The summed E-state index contributed by atoms with van der Waals surface area (Å²) in [7, 11) is -4.17. The van der Waals surface area contributed by atoms with Crippen LogP contribution >= 0.6 is 0 Å². The number of nitrogens with two attached hydrogens (primary N) is 1. The Morgan fingerprint density at radius 1 is 1.07 bits per heavy atom. The smallest absolute Gasteiger partial charge is 0.282 e. The number of likely N-dealkylation sites (tertiary alicyclic amines) is 1. The van der Waals surface area contributed by atoms with Crippen molar-refractivity contribution in [2.24, 2.45) is 17.0 Å². The maximum absolute atomic E-state index is 16.3. The first-order valence-corrected chi connectivity index (χ1v) is 15.5. The van der Waals surface area contributed by atoms with E-state index in [9.17, 15) is 30.8 Å². The van der Waals surface area contributed by atoms with E-state index in [1.54, 1.807) is 13.8 Å². The second-order valence-corrected chi connectivity index (χ2v) is 13.9. The molecule has 0 radical (unpaired) electrons. The number of imidazole rings is 1. The number of sulfonamides is 1. The number of aromatic nitrogens is 2. The Bertz CT molecular complexity index is 1410. The molecule has 3 aliphatic rings. The molecule has 1 saturated carbocycles. The van der Waals surface area contributed by atoms with Crippen molar-refractivity contribution >= 4 is 27.0 Å². The lowest BCUT2D eigenvalue weighted by Crippen LogP contribution is -2.63. The van der Waals surface area contributed by atoms with Gasteiger partial charge in [-0.05, 0) is 43.6 Å². The highest BCUT2D eigenvalue weighted by Gasteiger charge is 2.54. The van der Waals surface area contributed by atoms with Gasteiger partial charge in [0.1, 0.15) is 11.3 Å². The number of alkyl halides is 4. The Balaban J connectivity index is 1.58. The van der Waals surface area contributed by atoms with Crippen LogP contribution in [0.1, 0.15) is 69.7 Å². The molecule has 228 valence electrons. The number of carbonyl (C=O) groups is 1. The van der Waals surface area contributed by atoms with Crippen LogP contribution < -0.4 is 5.14 Å². The van der Waals surface area contributed by atoms with E-state index >= 15 is 4.39 Å². The highest BCUT2D eigenvalue weighted by atomic mass is 32.2. The van der Waals surface area contributed by atoms with Gasteiger partial charge in [0.25, 0.3) is 5.92 Å². The number of benzene rings is 1. The van der Waals surface area contributed by atoms with Crippen molar-refractivity contribution in [3.63, 3.8) is 0 Å². The second kappa shape index (κ2) is 10.4. The van der Waals surface area contributed by atoms with E-state index in [0.29, 0.717) is 0 Å².